The Morgan fingerprint density at radius 1 is 1.06 bits per heavy atom. The number of nitrogens with one attached hydrogen (secondary N) is 1. The third-order valence-corrected chi connectivity index (χ3v) is 4.00. The van der Waals surface area contributed by atoms with Gasteiger partial charge in [0.2, 0.25) is 0 Å². The lowest BCUT2D eigenvalue weighted by Gasteiger charge is -2.24. The first kappa shape index (κ1) is 16.0. The fraction of sp³-hybridized carbons (Fsp3) is 1.00. The van der Waals surface area contributed by atoms with Crippen LogP contribution in [0.2, 0.25) is 0 Å². The quantitative estimate of drug-likeness (QED) is 0.593. The van der Waals surface area contributed by atoms with Gasteiger partial charge in [0.1, 0.15) is 0 Å². The highest BCUT2D eigenvalue weighted by atomic mass is 15.3. The maximum Gasteiger partial charge on any atom is 0.0484 e. The lowest BCUT2D eigenvalue weighted by molar-refractivity contribution is 0.226. The normalized spacial score (nSPS) is 21.0. The van der Waals surface area contributed by atoms with Crippen molar-refractivity contribution in [2.24, 2.45) is 5.92 Å². The Bertz CT molecular complexity index is 192. The molecule has 1 fully saturated rings. The summed E-state index contributed by atoms with van der Waals surface area (Å²) in [6.07, 6.45) is 11.3. The summed E-state index contributed by atoms with van der Waals surface area (Å²) in [5, 5.41) is 3.52. The van der Waals surface area contributed by atoms with E-state index in [1.807, 2.05) is 0 Å². The zero-order chi connectivity index (χ0) is 13.2. The van der Waals surface area contributed by atoms with Crippen molar-refractivity contribution in [1.29, 1.82) is 0 Å². The van der Waals surface area contributed by atoms with E-state index in [2.05, 4.69) is 31.0 Å². The first-order valence-corrected chi connectivity index (χ1v) is 8.18. The van der Waals surface area contributed by atoms with E-state index >= 15 is 0 Å². The van der Waals surface area contributed by atoms with Gasteiger partial charge in [-0.05, 0) is 25.3 Å². The molecule has 1 aliphatic rings. The molecule has 1 rings (SSSR count). The van der Waals surface area contributed by atoms with Crippen LogP contribution in [0.4, 0.5) is 0 Å². The molecule has 0 amide bonds. The molecule has 108 valence electrons. The van der Waals surface area contributed by atoms with Crippen LogP contribution < -0.4 is 5.32 Å². The predicted octanol–water partition coefficient (Wildman–Crippen LogP) is 4.01. The summed E-state index contributed by atoms with van der Waals surface area (Å²) in [5.74, 6) is 0.825. The van der Waals surface area contributed by atoms with Crippen LogP contribution in [0, 0.1) is 5.92 Å². The second-order valence-electron chi connectivity index (χ2n) is 6.33. The highest BCUT2D eigenvalue weighted by molar-refractivity contribution is 4.80. The van der Waals surface area contributed by atoms with Crippen molar-refractivity contribution in [2.45, 2.75) is 78.2 Å². The Morgan fingerprint density at radius 3 is 2.39 bits per heavy atom. The Hall–Kier alpha value is -0.0800. The van der Waals surface area contributed by atoms with Crippen LogP contribution in [-0.4, -0.2) is 30.7 Å². The van der Waals surface area contributed by atoms with Gasteiger partial charge in [0.25, 0.3) is 0 Å². The highest BCUT2D eigenvalue weighted by Gasteiger charge is 2.23. The van der Waals surface area contributed by atoms with Crippen molar-refractivity contribution >= 4 is 0 Å². The molecule has 0 radical (unpaired) electrons. The smallest absolute Gasteiger partial charge is 0.0484 e. The van der Waals surface area contributed by atoms with Crippen LogP contribution in [0.1, 0.15) is 72.1 Å². The Balaban J connectivity index is 2.00. The predicted molar refractivity (Wildman–Crippen MR) is 80.8 cm³/mol. The summed E-state index contributed by atoms with van der Waals surface area (Å²) >= 11 is 0. The standard InChI is InChI=1S/C16H34N2/c1-4-5-6-7-8-9-10-11-18-14-17-13-16(18)12-15(2)3/h15-17H,4-14H2,1-3H3. The maximum atomic E-state index is 3.52. The largest absolute Gasteiger partial charge is 0.303 e. The van der Waals surface area contributed by atoms with E-state index in [-0.39, 0.29) is 0 Å². The molecule has 0 aromatic rings. The zero-order valence-corrected chi connectivity index (χ0v) is 12.9. The molecule has 0 aliphatic carbocycles. The average Bonchev–Trinajstić information content (AvgIpc) is 2.75. The molecule has 1 N–H and O–H groups in total. The molecular formula is C16H34N2. The van der Waals surface area contributed by atoms with E-state index in [4.69, 9.17) is 0 Å². The van der Waals surface area contributed by atoms with E-state index < -0.39 is 0 Å². The van der Waals surface area contributed by atoms with Crippen molar-refractivity contribution < 1.29 is 0 Å². The summed E-state index contributed by atoms with van der Waals surface area (Å²) < 4.78 is 0. The van der Waals surface area contributed by atoms with E-state index in [0.29, 0.717) is 0 Å². The first-order chi connectivity index (χ1) is 8.74. The summed E-state index contributed by atoms with van der Waals surface area (Å²) in [6.45, 7) is 10.6. The molecule has 18 heavy (non-hydrogen) atoms. The van der Waals surface area contributed by atoms with Crippen molar-refractivity contribution in [3.05, 3.63) is 0 Å². The monoisotopic (exact) mass is 254 g/mol. The molecule has 0 saturated carbocycles. The van der Waals surface area contributed by atoms with Crippen molar-refractivity contribution in [2.75, 3.05) is 19.8 Å². The Kier molecular flexibility index (Phi) is 8.70. The number of hydrogen-bond donors (Lipinski definition) is 1. The number of rotatable bonds is 10. The third-order valence-electron chi connectivity index (χ3n) is 4.00. The summed E-state index contributed by atoms with van der Waals surface area (Å²) in [7, 11) is 0. The van der Waals surface area contributed by atoms with E-state index in [9.17, 15) is 0 Å². The van der Waals surface area contributed by atoms with Gasteiger partial charge in [0.05, 0.1) is 0 Å². The minimum absolute atomic E-state index is 0.796. The van der Waals surface area contributed by atoms with Gasteiger partial charge in [-0.1, -0.05) is 59.3 Å². The number of nitrogens with zero attached hydrogens (tertiary/aromatic N) is 1. The van der Waals surface area contributed by atoms with Crippen LogP contribution in [0.5, 0.6) is 0 Å². The molecule has 1 heterocycles. The molecule has 0 bridgehead atoms. The lowest BCUT2D eigenvalue weighted by atomic mass is 10.0. The van der Waals surface area contributed by atoms with Gasteiger partial charge in [-0.2, -0.15) is 0 Å². The highest BCUT2D eigenvalue weighted by Crippen LogP contribution is 2.16. The van der Waals surface area contributed by atoms with Gasteiger partial charge in [-0.25, -0.2) is 0 Å². The SMILES string of the molecule is CCCCCCCCCN1CNCC1CC(C)C. The fourth-order valence-electron chi connectivity index (χ4n) is 2.94. The summed E-state index contributed by atoms with van der Waals surface area (Å²) in [6, 6.07) is 0.796. The topological polar surface area (TPSA) is 15.3 Å². The van der Waals surface area contributed by atoms with Crippen LogP contribution in [0.25, 0.3) is 0 Å². The molecular weight excluding hydrogens is 220 g/mol. The van der Waals surface area contributed by atoms with E-state index in [1.165, 1.54) is 64.5 Å². The molecule has 0 aromatic carbocycles. The van der Waals surface area contributed by atoms with Crippen LogP contribution >= 0.6 is 0 Å². The van der Waals surface area contributed by atoms with Gasteiger partial charge in [0, 0.05) is 19.3 Å². The van der Waals surface area contributed by atoms with Crippen LogP contribution in [-0.2, 0) is 0 Å². The molecule has 1 aliphatic heterocycles. The van der Waals surface area contributed by atoms with Crippen LogP contribution in [0.15, 0.2) is 0 Å². The second-order valence-corrected chi connectivity index (χ2v) is 6.33. The summed E-state index contributed by atoms with van der Waals surface area (Å²) in [4.78, 5) is 2.66. The van der Waals surface area contributed by atoms with Crippen molar-refractivity contribution in [3.8, 4) is 0 Å². The van der Waals surface area contributed by atoms with E-state index in [1.54, 1.807) is 0 Å². The Labute approximate surface area is 115 Å². The summed E-state index contributed by atoms with van der Waals surface area (Å²) in [5.41, 5.74) is 0. The molecule has 1 atom stereocenters. The Morgan fingerprint density at radius 2 is 1.72 bits per heavy atom. The zero-order valence-electron chi connectivity index (χ0n) is 12.9. The average molecular weight is 254 g/mol. The van der Waals surface area contributed by atoms with Gasteiger partial charge >= 0.3 is 0 Å². The lowest BCUT2D eigenvalue weighted by Crippen LogP contribution is -2.32. The van der Waals surface area contributed by atoms with Gasteiger partial charge in [-0.15, -0.1) is 0 Å². The molecule has 0 spiro atoms. The maximum absolute atomic E-state index is 3.52. The molecule has 2 nitrogen and oxygen atoms in total. The second kappa shape index (κ2) is 9.80. The fourth-order valence-corrected chi connectivity index (χ4v) is 2.94. The first-order valence-electron chi connectivity index (χ1n) is 8.18. The van der Waals surface area contributed by atoms with Crippen molar-refractivity contribution in [1.82, 2.24) is 10.2 Å². The molecule has 2 heteroatoms. The number of unbranched alkanes of at least 4 members (excludes halogenated alkanes) is 6. The van der Waals surface area contributed by atoms with Crippen molar-refractivity contribution in [3.63, 3.8) is 0 Å². The minimum Gasteiger partial charge on any atom is -0.303 e. The van der Waals surface area contributed by atoms with E-state index in [0.717, 1.165) is 18.6 Å². The van der Waals surface area contributed by atoms with Gasteiger partial charge < -0.3 is 5.32 Å². The molecule has 1 unspecified atom stereocenters. The third kappa shape index (κ3) is 6.75. The van der Waals surface area contributed by atoms with Gasteiger partial charge in [0.15, 0.2) is 0 Å². The minimum atomic E-state index is 0.796. The molecule has 0 aromatic heterocycles. The number of hydrogen-bond acceptors (Lipinski definition) is 2. The van der Waals surface area contributed by atoms with Gasteiger partial charge in [-0.3, -0.25) is 4.90 Å². The van der Waals surface area contributed by atoms with Crippen LogP contribution in [0.3, 0.4) is 0 Å². The molecule has 1 saturated heterocycles.